The SMILES string of the molecule is O=C(NC1CCC(O)CC1)c1cnn(-c2ccccc2F)c1-n1cccc1. The summed E-state index contributed by atoms with van der Waals surface area (Å²) < 4.78 is 17.5. The standard InChI is InChI=1S/C20H21FN4O2/c21-17-5-1-2-6-18(17)25-20(24-11-3-4-12-24)16(13-22-25)19(27)23-14-7-9-15(26)10-8-14/h1-6,11-15,26H,7-10H2,(H,23,27). The maximum Gasteiger partial charge on any atom is 0.256 e. The smallest absolute Gasteiger partial charge is 0.256 e. The van der Waals surface area contributed by atoms with Crippen LogP contribution in [0.5, 0.6) is 0 Å². The average Bonchev–Trinajstić information content (AvgIpc) is 3.33. The Labute approximate surface area is 156 Å². The molecule has 7 heteroatoms. The number of hydrogen-bond acceptors (Lipinski definition) is 3. The van der Waals surface area contributed by atoms with Gasteiger partial charge in [-0.1, -0.05) is 12.1 Å². The van der Waals surface area contributed by atoms with Gasteiger partial charge in [-0.05, 0) is 49.9 Å². The third-order valence-corrected chi connectivity index (χ3v) is 4.95. The van der Waals surface area contributed by atoms with Crippen LogP contribution in [0.3, 0.4) is 0 Å². The van der Waals surface area contributed by atoms with E-state index in [-0.39, 0.29) is 23.7 Å². The number of nitrogens with one attached hydrogen (secondary N) is 1. The number of para-hydroxylation sites is 1. The number of aliphatic hydroxyl groups excluding tert-OH is 1. The second-order valence-electron chi connectivity index (χ2n) is 6.81. The van der Waals surface area contributed by atoms with E-state index in [1.54, 1.807) is 35.2 Å². The Morgan fingerprint density at radius 1 is 1.11 bits per heavy atom. The predicted molar refractivity (Wildman–Crippen MR) is 98.6 cm³/mol. The molecule has 1 aliphatic rings. The number of aliphatic hydroxyl groups is 1. The third-order valence-electron chi connectivity index (χ3n) is 4.95. The minimum Gasteiger partial charge on any atom is -0.393 e. The summed E-state index contributed by atoms with van der Waals surface area (Å²) >= 11 is 0. The van der Waals surface area contributed by atoms with Crippen LogP contribution < -0.4 is 5.32 Å². The topological polar surface area (TPSA) is 72.1 Å². The lowest BCUT2D eigenvalue weighted by molar-refractivity contribution is 0.0867. The van der Waals surface area contributed by atoms with E-state index in [2.05, 4.69) is 10.4 Å². The zero-order chi connectivity index (χ0) is 18.8. The molecule has 2 aromatic heterocycles. The van der Waals surface area contributed by atoms with Crippen molar-refractivity contribution in [2.24, 2.45) is 0 Å². The van der Waals surface area contributed by atoms with Gasteiger partial charge in [0.25, 0.3) is 5.91 Å². The Morgan fingerprint density at radius 2 is 1.81 bits per heavy atom. The average molecular weight is 368 g/mol. The summed E-state index contributed by atoms with van der Waals surface area (Å²) in [6.45, 7) is 0. The Bertz CT molecular complexity index is 927. The van der Waals surface area contributed by atoms with Crippen LogP contribution in [0.15, 0.2) is 55.0 Å². The Balaban J connectivity index is 1.69. The van der Waals surface area contributed by atoms with E-state index < -0.39 is 5.82 Å². The van der Waals surface area contributed by atoms with E-state index in [4.69, 9.17) is 0 Å². The Kier molecular flexibility index (Phi) is 4.77. The fraction of sp³-hybridized carbons (Fsp3) is 0.300. The first-order valence-electron chi connectivity index (χ1n) is 9.08. The van der Waals surface area contributed by atoms with Crippen molar-refractivity contribution in [3.63, 3.8) is 0 Å². The number of halogens is 1. The number of nitrogens with zero attached hydrogens (tertiary/aromatic N) is 3. The summed E-state index contributed by atoms with van der Waals surface area (Å²) in [6, 6.07) is 10.0. The van der Waals surface area contributed by atoms with Crippen LogP contribution in [0.25, 0.3) is 11.5 Å². The van der Waals surface area contributed by atoms with Crippen molar-refractivity contribution in [2.75, 3.05) is 0 Å². The molecule has 0 spiro atoms. The number of carbonyl (C=O) groups excluding carboxylic acids is 1. The van der Waals surface area contributed by atoms with Crippen LogP contribution in [0, 0.1) is 5.82 Å². The summed E-state index contributed by atoms with van der Waals surface area (Å²) in [5, 5.41) is 16.9. The highest BCUT2D eigenvalue weighted by atomic mass is 19.1. The van der Waals surface area contributed by atoms with E-state index in [0.717, 1.165) is 12.8 Å². The van der Waals surface area contributed by atoms with Gasteiger partial charge in [0.2, 0.25) is 0 Å². The van der Waals surface area contributed by atoms with Gasteiger partial charge in [-0.15, -0.1) is 0 Å². The monoisotopic (exact) mass is 368 g/mol. The van der Waals surface area contributed by atoms with Gasteiger partial charge in [0, 0.05) is 18.4 Å². The van der Waals surface area contributed by atoms with Crippen molar-refractivity contribution in [1.29, 1.82) is 0 Å². The summed E-state index contributed by atoms with van der Waals surface area (Å²) in [5.74, 6) is -0.177. The molecule has 0 radical (unpaired) electrons. The highest BCUT2D eigenvalue weighted by Crippen LogP contribution is 2.23. The fourth-order valence-electron chi connectivity index (χ4n) is 3.51. The van der Waals surface area contributed by atoms with Crippen molar-refractivity contribution in [1.82, 2.24) is 19.7 Å². The first-order valence-corrected chi connectivity index (χ1v) is 9.08. The molecule has 140 valence electrons. The molecule has 6 nitrogen and oxygen atoms in total. The van der Waals surface area contributed by atoms with Gasteiger partial charge in [0.1, 0.15) is 17.1 Å². The molecule has 1 fully saturated rings. The lowest BCUT2D eigenvalue weighted by atomic mass is 9.93. The molecule has 0 aliphatic heterocycles. The number of benzene rings is 1. The number of carbonyl (C=O) groups is 1. The molecular weight excluding hydrogens is 347 g/mol. The molecule has 0 atom stereocenters. The van der Waals surface area contributed by atoms with Gasteiger partial charge in [-0.2, -0.15) is 5.10 Å². The van der Waals surface area contributed by atoms with Crippen LogP contribution in [-0.4, -0.2) is 37.5 Å². The quantitative estimate of drug-likeness (QED) is 0.744. The van der Waals surface area contributed by atoms with Gasteiger partial charge in [-0.25, -0.2) is 9.07 Å². The van der Waals surface area contributed by atoms with Gasteiger partial charge in [-0.3, -0.25) is 4.79 Å². The highest BCUT2D eigenvalue weighted by molar-refractivity contribution is 5.97. The lowest BCUT2D eigenvalue weighted by Crippen LogP contribution is -2.38. The molecule has 3 aromatic rings. The summed E-state index contributed by atoms with van der Waals surface area (Å²) in [5.41, 5.74) is 0.654. The third kappa shape index (κ3) is 3.50. The molecule has 1 aliphatic carbocycles. The highest BCUT2D eigenvalue weighted by Gasteiger charge is 2.25. The molecule has 4 rings (SSSR count). The first kappa shape index (κ1) is 17.5. The van der Waals surface area contributed by atoms with Crippen molar-refractivity contribution in [2.45, 2.75) is 37.8 Å². The van der Waals surface area contributed by atoms with E-state index in [1.165, 1.54) is 16.9 Å². The zero-order valence-corrected chi connectivity index (χ0v) is 14.8. The van der Waals surface area contributed by atoms with Crippen LogP contribution in [-0.2, 0) is 0 Å². The van der Waals surface area contributed by atoms with Crippen LogP contribution >= 0.6 is 0 Å². The molecule has 1 amide bonds. The van der Waals surface area contributed by atoms with Crippen LogP contribution in [0.1, 0.15) is 36.0 Å². The molecule has 2 heterocycles. The van der Waals surface area contributed by atoms with Crippen LogP contribution in [0.2, 0.25) is 0 Å². The molecular formula is C20H21FN4O2. The fourth-order valence-corrected chi connectivity index (χ4v) is 3.51. The first-order chi connectivity index (χ1) is 13.1. The van der Waals surface area contributed by atoms with E-state index >= 15 is 0 Å². The predicted octanol–water partition coefficient (Wildman–Crippen LogP) is 2.84. The maximum atomic E-state index is 14.3. The van der Waals surface area contributed by atoms with E-state index in [0.29, 0.717) is 24.2 Å². The largest absolute Gasteiger partial charge is 0.393 e. The number of hydrogen-bond donors (Lipinski definition) is 2. The number of rotatable bonds is 4. The zero-order valence-electron chi connectivity index (χ0n) is 14.8. The van der Waals surface area contributed by atoms with Crippen molar-refractivity contribution >= 4 is 5.91 Å². The molecule has 1 saturated carbocycles. The number of amides is 1. The van der Waals surface area contributed by atoms with Gasteiger partial charge in [0.05, 0.1) is 12.3 Å². The Hall–Kier alpha value is -2.93. The second-order valence-corrected chi connectivity index (χ2v) is 6.81. The second kappa shape index (κ2) is 7.36. The molecule has 0 saturated heterocycles. The van der Waals surface area contributed by atoms with Crippen LogP contribution in [0.4, 0.5) is 4.39 Å². The molecule has 1 aromatic carbocycles. The van der Waals surface area contributed by atoms with E-state index in [1.807, 2.05) is 12.1 Å². The van der Waals surface area contributed by atoms with Gasteiger partial charge in [0.15, 0.2) is 5.82 Å². The number of aromatic nitrogens is 3. The summed E-state index contributed by atoms with van der Waals surface area (Å²) in [4.78, 5) is 12.9. The van der Waals surface area contributed by atoms with Gasteiger partial charge < -0.3 is 15.0 Å². The maximum absolute atomic E-state index is 14.3. The minimum atomic E-state index is -0.415. The normalized spacial score (nSPS) is 19.8. The van der Waals surface area contributed by atoms with E-state index in [9.17, 15) is 14.3 Å². The lowest BCUT2D eigenvalue weighted by Gasteiger charge is -2.26. The van der Waals surface area contributed by atoms with Gasteiger partial charge >= 0.3 is 0 Å². The minimum absolute atomic E-state index is 0.0234. The summed E-state index contributed by atoms with van der Waals surface area (Å²) in [7, 11) is 0. The summed E-state index contributed by atoms with van der Waals surface area (Å²) in [6.07, 6.45) is 7.63. The van der Waals surface area contributed by atoms with Crippen molar-refractivity contribution in [3.05, 3.63) is 66.4 Å². The van der Waals surface area contributed by atoms with Crippen molar-refractivity contribution < 1.29 is 14.3 Å². The van der Waals surface area contributed by atoms with Crippen molar-refractivity contribution in [3.8, 4) is 11.5 Å². The molecule has 0 unspecified atom stereocenters. The molecule has 0 bridgehead atoms. The Morgan fingerprint density at radius 3 is 2.52 bits per heavy atom. The molecule has 2 N–H and O–H groups in total. The molecule has 27 heavy (non-hydrogen) atoms.